The molecule has 28 heavy (non-hydrogen) atoms. The first-order valence-electron chi connectivity index (χ1n) is 9.75. The van der Waals surface area contributed by atoms with Crippen LogP contribution in [0.1, 0.15) is 22.4 Å². The van der Waals surface area contributed by atoms with Crippen LogP contribution in [0.5, 0.6) is 11.5 Å². The third-order valence-corrected chi connectivity index (χ3v) is 5.38. The molecule has 0 amide bonds. The number of nitrogens with zero attached hydrogens (tertiary/aromatic N) is 1. The Morgan fingerprint density at radius 1 is 0.929 bits per heavy atom. The van der Waals surface area contributed by atoms with Crippen LogP contribution in [0.3, 0.4) is 0 Å². The highest BCUT2D eigenvalue weighted by Crippen LogP contribution is 2.40. The van der Waals surface area contributed by atoms with E-state index in [1.807, 2.05) is 30.3 Å². The van der Waals surface area contributed by atoms with Crippen molar-refractivity contribution >= 4 is 16.6 Å². The maximum absolute atomic E-state index is 6.22. The predicted molar refractivity (Wildman–Crippen MR) is 114 cm³/mol. The minimum Gasteiger partial charge on any atom is -0.455 e. The van der Waals surface area contributed by atoms with Gasteiger partial charge in [-0.1, -0.05) is 54.6 Å². The van der Waals surface area contributed by atoms with Crippen molar-refractivity contribution in [2.45, 2.75) is 19.8 Å². The molecule has 3 heteroatoms. The van der Waals surface area contributed by atoms with Gasteiger partial charge in [0.15, 0.2) is 5.75 Å². The smallest absolute Gasteiger partial charge is 0.153 e. The SMILES string of the molecule is Cc1nc2c(Oc3ccccc3)ccc(Cc3ccccc3)c2c2c1CCN2. The highest BCUT2D eigenvalue weighted by molar-refractivity contribution is 6.00. The van der Waals surface area contributed by atoms with Gasteiger partial charge in [-0.25, -0.2) is 4.98 Å². The summed E-state index contributed by atoms with van der Waals surface area (Å²) >= 11 is 0. The zero-order chi connectivity index (χ0) is 18.9. The second-order valence-electron chi connectivity index (χ2n) is 7.25. The van der Waals surface area contributed by atoms with Crippen molar-refractivity contribution in [2.75, 3.05) is 11.9 Å². The van der Waals surface area contributed by atoms with Crippen molar-refractivity contribution < 1.29 is 4.74 Å². The molecule has 2 heterocycles. The molecule has 3 aromatic carbocycles. The van der Waals surface area contributed by atoms with Gasteiger partial charge in [0, 0.05) is 23.3 Å². The number of pyridine rings is 1. The van der Waals surface area contributed by atoms with Gasteiger partial charge in [-0.2, -0.15) is 0 Å². The van der Waals surface area contributed by atoms with Crippen molar-refractivity contribution in [1.82, 2.24) is 4.98 Å². The van der Waals surface area contributed by atoms with Gasteiger partial charge in [-0.3, -0.25) is 0 Å². The number of aryl methyl sites for hydroxylation is 1. The second kappa shape index (κ2) is 7.01. The average Bonchev–Trinajstić information content (AvgIpc) is 3.22. The molecule has 0 bridgehead atoms. The van der Waals surface area contributed by atoms with E-state index < -0.39 is 0 Å². The van der Waals surface area contributed by atoms with Crippen molar-refractivity contribution in [1.29, 1.82) is 0 Å². The quantitative estimate of drug-likeness (QED) is 0.489. The molecule has 1 aliphatic heterocycles. The molecule has 0 spiro atoms. The second-order valence-corrected chi connectivity index (χ2v) is 7.25. The molecule has 5 rings (SSSR count). The maximum atomic E-state index is 6.22. The highest BCUT2D eigenvalue weighted by Gasteiger charge is 2.22. The van der Waals surface area contributed by atoms with E-state index in [4.69, 9.17) is 9.72 Å². The van der Waals surface area contributed by atoms with Crippen LogP contribution < -0.4 is 10.1 Å². The van der Waals surface area contributed by atoms with E-state index in [1.165, 1.54) is 27.8 Å². The van der Waals surface area contributed by atoms with E-state index >= 15 is 0 Å². The lowest BCUT2D eigenvalue weighted by Gasteiger charge is -2.16. The molecule has 4 aromatic rings. The van der Waals surface area contributed by atoms with Gasteiger partial charge in [-0.05, 0) is 54.7 Å². The number of hydrogen-bond donors (Lipinski definition) is 1. The van der Waals surface area contributed by atoms with E-state index in [1.54, 1.807) is 0 Å². The maximum Gasteiger partial charge on any atom is 0.153 e. The Bertz CT molecular complexity index is 1140. The Morgan fingerprint density at radius 3 is 2.46 bits per heavy atom. The number of ether oxygens (including phenoxy) is 1. The van der Waals surface area contributed by atoms with E-state index in [9.17, 15) is 0 Å². The highest BCUT2D eigenvalue weighted by atomic mass is 16.5. The van der Waals surface area contributed by atoms with Gasteiger partial charge in [0.1, 0.15) is 11.3 Å². The van der Waals surface area contributed by atoms with Crippen LogP contribution in [-0.4, -0.2) is 11.5 Å². The van der Waals surface area contributed by atoms with Crippen LogP contribution in [-0.2, 0) is 12.8 Å². The fourth-order valence-corrected chi connectivity index (χ4v) is 4.05. The summed E-state index contributed by atoms with van der Waals surface area (Å²) in [4.78, 5) is 4.98. The number of nitrogens with one attached hydrogen (secondary N) is 1. The fraction of sp³-hybridized carbons (Fsp3) is 0.160. The zero-order valence-electron chi connectivity index (χ0n) is 15.9. The minimum absolute atomic E-state index is 0.803. The summed E-state index contributed by atoms with van der Waals surface area (Å²) in [7, 11) is 0. The lowest BCUT2D eigenvalue weighted by atomic mass is 9.97. The van der Waals surface area contributed by atoms with E-state index in [0.717, 1.165) is 42.1 Å². The molecule has 0 unspecified atom stereocenters. The third-order valence-electron chi connectivity index (χ3n) is 5.38. The van der Waals surface area contributed by atoms with Crippen molar-refractivity contribution in [2.24, 2.45) is 0 Å². The first-order chi connectivity index (χ1) is 13.8. The van der Waals surface area contributed by atoms with E-state index in [2.05, 4.69) is 54.7 Å². The fourth-order valence-electron chi connectivity index (χ4n) is 4.05. The van der Waals surface area contributed by atoms with Crippen LogP contribution in [0.25, 0.3) is 10.9 Å². The Morgan fingerprint density at radius 2 is 1.68 bits per heavy atom. The molecule has 0 radical (unpaired) electrons. The standard InChI is InChI=1S/C25H22N2O/c1-17-21-14-15-26-24(21)23-19(16-18-8-4-2-5-9-18)12-13-22(25(23)27-17)28-20-10-6-3-7-11-20/h2-13,26H,14-16H2,1H3. The van der Waals surface area contributed by atoms with Gasteiger partial charge < -0.3 is 10.1 Å². The molecule has 0 atom stereocenters. The number of benzene rings is 3. The molecule has 1 aliphatic rings. The first kappa shape index (κ1) is 16.8. The van der Waals surface area contributed by atoms with Crippen LogP contribution >= 0.6 is 0 Å². The molecular formula is C25H22N2O. The normalized spacial score (nSPS) is 12.6. The molecular weight excluding hydrogens is 344 g/mol. The summed E-state index contributed by atoms with van der Waals surface area (Å²) < 4.78 is 6.22. The predicted octanol–water partition coefficient (Wildman–Crippen LogP) is 5.89. The van der Waals surface area contributed by atoms with Crippen LogP contribution in [0.4, 0.5) is 5.69 Å². The molecule has 0 fully saturated rings. The van der Waals surface area contributed by atoms with E-state index in [0.29, 0.717) is 0 Å². The van der Waals surface area contributed by atoms with Gasteiger partial charge in [0.2, 0.25) is 0 Å². The van der Waals surface area contributed by atoms with Crippen LogP contribution in [0, 0.1) is 6.92 Å². The number of hydrogen-bond acceptors (Lipinski definition) is 3. The first-order valence-corrected chi connectivity index (χ1v) is 9.75. The summed E-state index contributed by atoms with van der Waals surface area (Å²) in [5.74, 6) is 1.63. The number of para-hydroxylation sites is 1. The van der Waals surface area contributed by atoms with Gasteiger partial charge in [0.25, 0.3) is 0 Å². The molecule has 3 nitrogen and oxygen atoms in total. The summed E-state index contributed by atoms with van der Waals surface area (Å²) in [6, 6.07) is 24.8. The molecule has 1 aromatic heterocycles. The monoisotopic (exact) mass is 366 g/mol. The minimum atomic E-state index is 0.803. The summed E-state index contributed by atoms with van der Waals surface area (Å²) in [5.41, 5.74) is 7.16. The lowest BCUT2D eigenvalue weighted by Crippen LogP contribution is -2.00. The Labute approximate surface area is 165 Å². The zero-order valence-corrected chi connectivity index (χ0v) is 15.9. The van der Waals surface area contributed by atoms with Crippen molar-refractivity contribution in [3.05, 3.63) is 95.2 Å². The molecule has 1 N–H and O–H groups in total. The van der Waals surface area contributed by atoms with Crippen LogP contribution in [0.2, 0.25) is 0 Å². The molecule has 0 aliphatic carbocycles. The Kier molecular flexibility index (Phi) is 4.21. The third kappa shape index (κ3) is 2.99. The summed E-state index contributed by atoms with van der Waals surface area (Å²) in [6.45, 7) is 3.06. The molecule has 138 valence electrons. The summed E-state index contributed by atoms with van der Waals surface area (Å²) in [6.07, 6.45) is 1.90. The number of rotatable bonds is 4. The van der Waals surface area contributed by atoms with Crippen molar-refractivity contribution in [3.8, 4) is 11.5 Å². The largest absolute Gasteiger partial charge is 0.455 e. The average molecular weight is 366 g/mol. The van der Waals surface area contributed by atoms with E-state index in [-0.39, 0.29) is 0 Å². The van der Waals surface area contributed by atoms with Crippen LogP contribution in [0.15, 0.2) is 72.8 Å². The Hall–Kier alpha value is -3.33. The Balaban J connectivity index is 1.69. The lowest BCUT2D eigenvalue weighted by molar-refractivity contribution is 0.487. The molecule has 0 saturated heterocycles. The molecule has 0 saturated carbocycles. The number of aromatic nitrogens is 1. The van der Waals surface area contributed by atoms with Gasteiger partial charge >= 0.3 is 0 Å². The number of anilines is 1. The van der Waals surface area contributed by atoms with Gasteiger partial charge in [0.05, 0.1) is 0 Å². The topological polar surface area (TPSA) is 34.1 Å². The number of fused-ring (bicyclic) bond motifs is 3. The summed E-state index contributed by atoms with van der Waals surface area (Å²) in [5, 5.41) is 4.80. The van der Waals surface area contributed by atoms with Gasteiger partial charge in [-0.15, -0.1) is 0 Å². The van der Waals surface area contributed by atoms with Crippen molar-refractivity contribution in [3.63, 3.8) is 0 Å².